The van der Waals surface area contributed by atoms with Gasteiger partial charge in [0.2, 0.25) is 0 Å². The van der Waals surface area contributed by atoms with Gasteiger partial charge >= 0.3 is 5.97 Å². The van der Waals surface area contributed by atoms with E-state index < -0.39 is 5.97 Å². The van der Waals surface area contributed by atoms with Crippen molar-refractivity contribution < 1.29 is 9.53 Å². The number of nitrogens with zero attached hydrogens (tertiary/aromatic N) is 1. The monoisotopic (exact) mass is 209 g/mol. The number of carbonyl (C=O) groups excluding carboxylic acids is 1. The number of hydrogen-bond donors (Lipinski definition) is 0. The van der Waals surface area contributed by atoms with Gasteiger partial charge in [0.05, 0.1) is 7.11 Å². The molecule has 0 rings (SSSR count). The van der Waals surface area contributed by atoms with Crippen LogP contribution in [0.4, 0.5) is 0 Å². The molecule has 0 heterocycles. The quantitative estimate of drug-likeness (QED) is 0.292. The van der Waals surface area contributed by atoms with Crippen molar-refractivity contribution in [2.24, 2.45) is 0 Å². The summed E-state index contributed by atoms with van der Waals surface area (Å²) in [7, 11) is 1.30. The first-order chi connectivity index (χ1) is 7.17. The highest BCUT2D eigenvalue weighted by Crippen LogP contribution is 2.14. The third-order valence-corrected chi connectivity index (χ3v) is 2.33. The molecule has 0 bridgehead atoms. The first-order valence-electron chi connectivity index (χ1n) is 5.35. The summed E-state index contributed by atoms with van der Waals surface area (Å²) in [6.07, 6.45) is 5.37. The molecule has 15 heavy (non-hydrogen) atoms. The minimum atomic E-state index is -0.523. The summed E-state index contributed by atoms with van der Waals surface area (Å²) in [5.41, 5.74) is 0.995. The SMILES string of the molecule is CCCCCC/C(C)=C(\C#N)C(=O)OC. The van der Waals surface area contributed by atoms with Gasteiger partial charge in [-0.25, -0.2) is 4.79 Å². The van der Waals surface area contributed by atoms with E-state index >= 15 is 0 Å². The highest BCUT2D eigenvalue weighted by atomic mass is 16.5. The molecule has 0 atom stereocenters. The van der Waals surface area contributed by atoms with Crippen LogP contribution in [0.2, 0.25) is 0 Å². The lowest BCUT2D eigenvalue weighted by Crippen LogP contribution is -2.05. The van der Waals surface area contributed by atoms with Crippen molar-refractivity contribution in [1.29, 1.82) is 5.26 Å². The zero-order chi connectivity index (χ0) is 11.7. The van der Waals surface area contributed by atoms with Gasteiger partial charge in [-0.1, -0.05) is 26.2 Å². The normalized spacial score (nSPS) is 11.6. The van der Waals surface area contributed by atoms with Gasteiger partial charge < -0.3 is 4.74 Å². The Bertz CT molecular complexity index is 274. The van der Waals surface area contributed by atoms with Crippen molar-refractivity contribution in [3.63, 3.8) is 0 Å². The van der Waals surface area contributed by atoms with Crippen molar-refractivity contribution in [3.8, 4) is 6.07 Å². The van der Waals surface area contributed by atoms with E-state index in [1.165, 1.54) is 20.0 Å². The number of ether oxygens (including phenoxy) is 1. The fourth-order valence-corrected chi connectivity index (χ4v) is 1.36. The zero-order valence-electron chi connectivity index (χ0n) is 9.80. The number of hydrogen-bond acceptors (Lipinski definition) is 3. The summed E-state index contributed by atoms with van der Waals surface area (Å²) in [4.78, 5) is 11.2. The van der Waals surface area contributed by atoms with Gasteiger partial charge in [-0.2, -0.15) is 5.26 Å². The molecule has 0 N–H and O–H groups in total. The third kappa shape index (κ3) is 5.21. The van der Waals surface area contributed by atoms with Crippen molar-refractivity contribution in [1.82, 2.24) is 0 Å². The summed E-state index contributed by atoms with van der Waals surface area (Å²) in [6, 6.07) is 1.90. The molecule has 84 valence electrons. The Morgan fingerprint density at radius 1 is 1.33 bits per heavy atom. The fraction of sp³-hybridized carbons (Fsp3) is 0.667. The number of carbonyl (C=O) groups is 1. The van der Waals surface area contributed by atoms with Crippen molar-refractivity contribution in [2.75, 3.05) is 7.11 Å². The lowest BCUT2D eigenvalue weighted by Gasteiger charge is -2.03. The number of esters is 1. The Labute approximate surface area is 91.7 Å². The van der Waals surface area contributed by atoms with Gasteiger partial charge in [-0.3, -0.25) is 0 Å². The second-order valence-corrected chi connectivity index (χ2v) is 3.57. The van der Waals surface area contributed by atoms with Crippen molar-refractivity contribution >= 4 is 5.97 Å². The van der Waals surface area contributed by atoms with Crippen LogP contribution in [-0.4, -0.2) is 13.1 Å². The van der Waals surface area contributed by atoms with Crippen LogP contribution in [0.5, 0.6) is 0 Å². The Morgan fingerprint density at radius 2 is 2.00 bits per heavy atom. The molecule has 0 saturated heterocycles. The van der Waals surface area contributed by atoms with E-state index in [0.29, 0.717) is 0 Å². The standard InChI is InChI=1S/C12H19NO2/c1-4-5-6-7-8-10(2)11(9-13)12(14)15-3/h4-8H2,1-3H3/b11-10+. The third-order valence-electron chi connectivity index (χ3n) is 2.33. The molecule has 0 saturated carbocycles. The van der Waals surface area contributed by atoms with Gasteiger partial charge in [0, 0.05) is 0 Å². The van der Waals surface area contributed by atoms with E-state index in [9.17, 15) is 4.79 Å². The molecule has 0 aromatic carbocycles. The molecule has 0 unspecified atom stereocenters. The molecule has 0 fully saturated rings. The van der Waals surface area contributed by atoms with E-state index in [1.807, 2.05) is 13.0 Å². The van der Waals surface area contributed by atoms with Crippen molar-refractivity contribution in [2.45, 2.75) is 46.0 Å². The molecule has 0 aliphatic carbocycles. The second kappa shape index (κ2) is 8.05. The molecule has 0 radical (unpaired) electrons. The lowest BCUT2D eigenvalue weighted by atomic mass is 10.0. The average molecular weight is 209 g/mol. The van der Waals surface area contributed by atoms with Crippen LogP contribution in [0.3, 0.4) is 0 Å². The highest BCUT2D eigenvalue weighted by Gasteiger charge is 2.11. The van der Waals surface area contributed by atoms with Gasteiger partial charge in [-0.15, -0.1) is 0 Å². The second-order valence-electron chi connectivity index (χ2n) is 3.57. The number of methoxy groups -OCH3 is 1. The molecule has 0 aliphatic rings. The molecular weight excluding hydrogens is 190 g/mol. The van der Waals surface area contributed by atoms with Crippen LogP contribution in [0.15, 0.2) is 11.1 Å². The number of unbranched alkanes of at least 4 members (excludes halogenated alkanes) is 3. The maximum atomic E-state index is 11.2. The Morgan fingerprint density at radius 3 is 2.47 bits per heavy atom. The van der Waals surface area contributed by atoms with Crippen LogP contribution in [0.1, 0.15) is 46.0 Å². The number of rotatable bonds is 6. The number of allylic oxidation sites excluding steroid dienone is 1. The Hall–Kier alpha value is -1.30. The molecule has 3 heteroatoms. The van der Waals surface area contributed by atoms with Gasteiger partial charge in [0.15, 0.2) is 0 Å². The summed E-state index contributed by atoms with van der Waals surface area (Å²) < 4.78 is 4.53. The predicted octanol–water partition coefficient (Wildman–Crippen LogP) is 2.97. The summed E-state index contributed by atoms with van der Waals surface area (Å²) in [6.45, 7) is 3.97. The van der Waals surface area contributed by atoms with E-state index in [0.717, 1.165) is 24.8 Å². The van der Waals surface area contributed by atoms with Crippen LogP contribution >= 0.6 is 0 Å². The van der Waals surface area contributed by atoms with E-state index in [1.54, 1.807) is 0 Å². The summed E-state index contributed by atoms with van der Waals surface area (Å²) in [5.74, 6) is -0.523. The number of nitriles is 1. The van der Waals surface area contributed by atoms with Crippen LogP contribution in [0.25, 0.3) is 0 Å². The minimum Gasteiger partial charge on any atom is -0.465 e. The van der Waals surface area contributed by atoms with Crippen molar-refractivity contribution in [3.05, 3.63) is 11.1 Å². The maximum Gasteiger partial charge on any atom is 0.348 e. The van der Waals surface area contributed by atoms with E-state index in [4.69, 9.17) is 5.26 Å². The van der Waals surface area contributed by atoms with Gasteiger partial charge in [0.1, 0.15) is 11.6 Å². The fourth-order valence-electron chi connectivity index (χ4n) is 1.36. The van der Waals surface area contributed by atoms with E-state index in [2.05, 4.69) is 11.7 Å². The summed E-state index contributed by atoms with van der Waals surface area (Å²) >= 11 is 0. The van der Waals surface area contributed by atoms with Crippen LogP contribution in [0, 0.1) is 11.3 Å². The molecule has 0 aromatic heterocycles. The topological polar surface area (TPSA) is 50.1 Å². The first kappa shape index (κ1) is 13.7. The maximum absolute atomic E-state index is 11.2. The molecule has 0 aliphatic heterocycles. The molecule has 0 amide bonds. The molecule has 0 aromatic rings. The van der Waals surface area contributed by atoms with Crippen LogP contribution in [-0.2, 0) is 9.53 Å². The lowest BCUT2D eigenvalue weighted by molar-refractivity contribution is -0.135. The first-order valence-corrected chi connectivity index (χ1v) is 5.35. The highest BCUT2D eigenvalue weighted by molar-refractivity contribution is 5.93. The average Bonchev–Trinajstić information content (AvgIpc) is 2.25. The minimum absolute atomic E-state index is 0.161. The predicted molar refractivity (Wildman–Crippen MR) is 59.1 cm³/mol. The smallest absolute Gasteiger partial charge is 0.348 e. The van der Waals surface area contributed by atoms with E-state index in [-0.39, 0.29) is 5.57 Å². The largest absolute Gasteiger partial charge is 0.465 e. The Balaban J connectivity index is 4.23. The summed E-state index contributed by atoms with van der Waals surface area (Å²) in [5, 5.41) is 8.79. The van der Waals surface area contributed by atoms with Crippen LogP contribution < -0.4 is 0 Å². The van der Waals surface area contributed by atoms with Gasteiger partial charge in [0.25, 0.3) is 0 Å². The zero-order valence-corrected chi connectivity index (χ0v) is 9.80. The molecule has 3 nitrogen and oxygen atoms in total. The molecular formula is C12H19NO2. The van der Waals surface area contributed by atoms with Gasteiger partial charge in [-0.05, 0) is 25.3 Å². The molecule has 0 spiro atoms. The Kier molecular flexibility index (Phi) is 7.35.